The van der Waals surface area contributed by atoms with Crippen molar-refractivity contribution in [2.24, 2.45) is 0 Å². The minimum atomic E-state index is -0.856. The third-order valence-electron chi connectivity index (χ3n) is 2.57. The second-order valence-electron chi connectivity index (χ2n) is 3.53. The van der Waals surface area contributed by atoms with E-state index in [1.165, 1.54) is 0 Å². The van der Waals surface area contributed by atoms with Crippen LogP contribution in [0.5, 0.6) is 0 Å². The molecule has 1 aliphatic heterocycles. The molecule has 0 saturated heterocycles. The van der Waals surface area contributed by atoms with Gasteiger partial charge in [0.1, 0.15) is 0 Å². The molecule has 15 heavy (non-hydrogen) atoms. The molecule has 78 valence electrons. The van der Waals surface area contributed by atoms with Crippen LogP contribution in [0.15, 0.2) is 30.3 Å². The van der Waals surface area contributed by atoms with Crippen molar-refractivity contribution >= 4 is 11.5 Å². The molecule has 2 N–H and O–H groups in total. The van der Waals surface area contributed by atoms with Crippen LogP contribution in [0.2, 0.25) is 0 Å². The molecule has 0 bridgehead atoms. The first-order chi connectivity index (χ1) is 7.29. The highest BCUT2D eigenvalue weighted by Gasteiger charge is 2.13. The average Bonchev–Trinajstić information content (AvgIpc) is 2.30. The predicted molar refractivity (Wildman–Crippen MR) is 58.9 cm³/mol. The van der Waals surface area contributed by atoms with Gasteiger partial charge in [-0.25, -0.2) is 4.79 Å². The fourth-order valence-corrected chi connectivity index (χ4v) is 1.82. The van der Waals surface area contributed by atoms with Crippen molar-refractivity contribution in [3.05, 3.63) is 41.5 Å². The molecular formula is C12H13NO2. The lowest BCUT2D eigenvalue weighted by Gasteiger charge is -2.15. The SMILES string of the molecule is O=C(O)c1ccccc1C1=CCNCC1. The van der Waals surface area contributed by atoms with Gasteiger partial charge in [0.15, 0.2) is 0 Å². The maximum Gasteiger partial charge on any atom is 0.336 e. The van der Waals surface area contributed by atoms with Crippen LogP contribution >= 0.6 is 0 Å². The number of carboxylic acid groups (broad SMARTS) is 1. The first kappa shape index (κ1) is 9.93. The molecule has 3 heteroatoms. The monoisotopic (exact) mass is 203 g/mol. The molecule has 1 heterocycles. The maximum atomic E-state index is 11.0. The number of carboxylic acids is 1. The Morgan fingerprint density at radius 3 is 2.80 bits per heavy atom. The first-order valence-corrected chi connectivity index (χ1v) is 5.01. The number of nitrogens with one attached hydrogen (secondary N) is 1. The number of rotatable bonds is 2. The van der Waals surface area contributed by atoms with Crippen LogP contribution in [-0.2, 0) is 0 Å². The van der Waals surface area contributed by atoms with Crippen molar-refractivity contribution < 1.29 is 9.90 Å². The Morgan fingerprint density at radius 2 is 2.13 bits per heavy atom. The van der Waals surface area contributed by atoms with Gasteiger partial charge in [-0.05, 0) is 30.2 Å². The molecule has 2 rings (SSSR count). The van der Waals surface area contributed by atoms with Crippen LogP contribution in [0.25, 0.3) is 5.57 Å². The van der Waals surface area contributed by atoms with Crippen molar-refractivity contribution in [1.82, 2.24) is 5.32 Å². The van der Waals surface area contributed by atoms with Crippen LogP contribution in [0.3, 0.4) is 0 Å². The average molecular weight is 203 g/mol. The quantitative estimate of drug-likeness (QED) is 0.770. The highest BCUT2D eigenvalue weighted by molar-refractivity contribution is 5.94. The predicted octanol–water partition coefficient (Wildman–Crippen LogP) is 1.76. The summed E-state index contributed by atoms with van der Waals surface area (Å²) in [6.45, 7) is 1.74. The zero-order valence-electron chi connectivity index (χ0n) is 8.36. The summed E-state index contributed by atoms with van der Waals surface area (Å²) in [5, 5.41) is 12.3. The summed E-state index contributed by atoms with van der Waals surface area (Å²) < 4.78 is 0. The summed E-state index contributed by atoms with van der Waals surface area (Å²) in [4.78, 5) is 11.0. The Labute approximate surface area is 88.4 Å². The lowest BCUT2D eigenvalue weighted by atomic mass is 9.95. The third-order valence-corrected chi connectivity index (χ3v) is 2.57. The fraction of sp³-hybridized carbons (Fsp3) is 0.250. The molecule has 1 aliphatic rings. The summed E-state index contributed by atoms with van der Waals surface area (Å²) in [5.41, 5.74) is 2.38. The molecule has 0 unspecified atom stereocenters. The van der Waals surface area contributed by atoms with E-state index in [-0.39, 0.29) is 0 Å². The second kappa shape index (κ2) is 4.28. The number of benzene rings is 1. The highest BCUT2D eigenvalue weighted by atomic mass is 16.4. The molecule has 0 fully saturated rings. The van der Waals surface area contributed by atoms with Crippen molar-refractivity contribution in [1.29, 1.82) is 0 Å². The van der Waals surface area contributed by atoms with Crippen molar-refractivity contribution in [3.8, 4) is 0 Å². The zero-order chi connectivity index (χ0) is 10.7. The lowest BCUT2D eigenvalue weighted by molar-refractivity contribution is 0.0696. The van der Waals surface area contributed by atoms with E-state index in [9.17, 15) is 4.79 Å². The largest absolute Gasteiger partial charge is 0.478 e. The summed E-state index contributed by atoms with van der Waals surface area (Å²) in [6.07, 6.45) is 2.95. The molecule has 0 saturated carbocycles. The van der Waals surface area contributed by atoms with Crippen LogP contribution in [0.4, 0.5) is 0 Å². The molecule has 0 atom stereocenters. The second-order valence-corrected chi connectivity index (χ2v) is 3.53. The molecule has 3 nitrogen and oxygen atoms in total. The number of carbonyl (C=O) groups is 1. The summed E-state index contributed by atoms with van der Waals surface area (Å²) in [6, 6.07) is 7.17. The molecule has 1 aromatic rings. The van der Waals surface area contributed by atoms with E-state index < -0.39 is 5.97 Å². The molecule has 1 aromatic carbocycles. The standard InChI is InChI=1S/C12H13NO2/c14-12(15)11-4-2-1-3-10(11)9-5-7-13-8-6-9/h1-5,13H,6-8H2,(H,14,15). The Hall–Kier alpha value is -1.61. The van der Waals surface area contributed by atoms with Gasteiger partial charge in [-0.2, -0.15) is 0 Å². The summed E-state index contributed by atoms with van der Waals surface area (Å²) in [5.74, 6) is -0.856. The van der Waals surface area contributed by atoms with E-state index in [1.807, 2.05) is 12.1 Å². The van der Waals surface area contributed by atoms with Gasteiger partial charge in [-0.1, -0.05) is 24.3 Å². The Balaban J connectivity index is 2.42. The zero-order valence-corrected chi connectivity index (χ0v) is 8.36. The highest BCUT2D eigenvalue weighted by Crippen LogP contribution is 2.23. The minimum Gasteiger partial charge on any atom is -0.478 e. The fourth-order valence-electron chi connectivity index (χ4n) is 1.82. The molecule has 0 aliphatic carbocycles. The van der Waals surface area contributed by atoms with Gasteiger partial charge in [0, 0.05) is 6.54 Å². The van der Waals surface area contributed by atoms with E-state index in [4.69, 9.17) is 5.11 Å². The van der Waals surface area contributed by atoms with Crippen molar-refractivity contribution in [2.75, 3.05) is 13.1 Å². The Bertz CT molecular complexity index is 410. The number of aromatic carboxylic acids is 1. The number of hydrogen-bond acceptors (Lipinski definition) is 2. The van der Waals surface area contributed by atoms with Gasteiger partial charge in [-0.3, -0.25) is 0 Å². The van der Waals surface area contributed by atoms with Gasteiger partial charge in [0.05, 0.1) is 5.56 Å². The van der Waals surface area contributed by atoms with E-state index in [0.717, 1.165) is 30.6 Å². The summed E-state index contributed by atoms with van der Waals surface area (Å²) >= 11 is 0. The topological polar surface area (TPSA) is 49.3 Å². The Kier molecular flexibility index (Phi) is 2.83. The van der Waals surface area contributed by atoms with Crippen LogP contribution in [0.1, 0.15) is 22.3 Å². The van der Waals surface area contributed by atoms with Crippen molar-refractivity contribution in [3.63, 3.8) is 0 Å². The van der Waals surface area contributed by atoms with Gasteiger partial charge < -0.3 is 10.4 Å². The van der Waals surface area contributed by atoms with E-state index in [2.05, 4.69) is 11.4 Å². The number of hydrogen-bond donors (Lipinski definition) is 2. The summed E-state index contributed by atoms with van der Waals surface area (Å²) in [7, 11) is 0. The first-order valence-electron chi connectivity index (χ1n) is 5.01. The third kappa shape index (κ3) is 2.07. The van der Waals surface area contributed by atoms with Crippen LogP contribution in [-0.4, -0.2) is 24.2 Å². The molecule has 0 amide bonds. The van der Waals surface area contributed by atoms with Gasteiger partial charge >= 0.3 is 5.97 Å². The smallest absolute Gasteiger partial charge is 0.336 e. The van der Waals surface area contributed by atoms with Crippen molar-refractivity contribution in [2.45, 2.75) is 6.42 Å². The van der Waals surface area contributed by atoms with Gasteiger partial charge in [0.2, 0.25) is 0 Å². The maximum absolute atomic E-state index is 11.0. The van der Waals surface area contributed by atoms with E-state index >= 15 is 0 Å². The van der Waals surface area contributed by atoms with Gasteiger partial charge in [0.25, 0.3) is 0 Å². The normalized spacial score (nSPS) is 15.9. The van der Waals surface area contributed by atoms with Crippen LogP contribution in [0, 0.1) is 0 Å². The van der Waals surface area contributed by atoms with Crippen LogP contribution < -0.4 is 5.32 Å². The van der Waals surface area contributed by atoms with Gasteiger partial charge in [-0.15, -0.1) is 0 Å². The molecule has 0 aromatic heterocycles. The lowest BCUT2D eigenvalue weighted by Crippen LogP contribution is -2.20. The van der Waals surface area contributed by atoms with E-state index in [0.29, 0.717) is 5.56 Å². The molecule has 0 spiro atoms. The minimum absolute atomic E-state index is 0.394. The molecular weight excluding hydrogens is 190 g/mol. The Morgan fingerprint density at radius 1 is 1.33 bits per heavy atom. The van der Waals surface area contributed by atoms with E-state index in [1.54, 1.807) is 12.1 Å². The molecule has 0 radical (unpaired) electrons.